The van der Waals surface area contributed by atoms with Gasteiger partial charge in [-0.1, -0.05) is 79.0 Å². The number of hydrogen-bond donors (Lipinski definition) is 4. The second-order valence-corrected chi connectivity index (χ2v) is 10.1. The molecule has 1 aliphatic rings. The summed E-state index contributed by atoms with van der Waals surface area (Å²) in [6.07, 6.45) is 6.06. The SMILES string of the molecule is CC(=O)c1cccc(C(NC(N)=O)(c2ccc(C(=O)Nc3nn[nH]n3)cc2)c2ccc(C3CCCCC3)cc2)c1. The molecule has 0 aliphatic heterocycles. The minimum atomic E-state index is -1.23. The van der Waals surface area contributed by atoms with E-state index >= 15 is 0 Å². The minimum absolute atomic E-state index is 0.0536. The highest BCUT2D eigenvalue weighted by molar-refractivity contribution is 6.03. The number of ketones is 1. The molecule has 1 unspecified atom stereocenters. The van der Waals surface area contributed by atoms with Crippen molar-refractivity contribution >= 4 is 23.7 Å². The van der Waals surface area contributed by atoms with Crippen LogP contribution in [0.1, 0.15) is 87.9 Å². The lowest BCUT2D eigenvalue weighted by atomic mass is 9.75. The number of Topliss-reactive ketones (excluding diaryl/α,β-unsaturated/α-hetero) is 1. The average Bonchev–Trinajstić information content (AvgIpc) is 3.49. The molecule has 40 heavy (non-hydrogen) atoms. The first kappa shape index (κ1) is 26.7. The third kappa shape index (κ3) is 5.47. The number of nitrogens with one attached hydrogen (secondary N) is 3. The summed E-state index contributed by atoms with van der Waals surface area (Å²) in [5.74, 6) is 0.0463. The summed E-state index contributed by atoms with van der Waals surface area (Å²) in [6, 6.07) is 21.5. The number of tetrazole rings is 1. The molecule has 0 spiro atoms. The Hall–Kier alpha value is -4.86. The van der Waals surface area contributed by atoms with Gasteiger partial charge < -0.3 is 11.1 Å². The number of hydrogen-bond acceptors (Lipinski definition) is 6. The Morgan fingerprint density at radius 1 is 0.875 bits per heavy atom. The van der Waals surface area contributed by atoms with Crippen molar-refractivity contribution in [3.63, 3.8) is 0 Å². The summed E-state index contributed by atoms with van der Waals surface area (Å²) >= 11 is 0. The van der Waals surface area contributed by atoms with Crippen LogP contribution in [0.15, 0.2) is 72.8 Å². The summed E-state index contributed by atoms with van der Waals surface area (Å²) in [5, 5.41) is 18.8. The van der Waals surface area contributed by atoms with Gasteiger partial charge in [0.15, 0.2) is 5.78 Å². The Morgan fingerprint density at radius 2 is 1.55 bits per heavy atom. The number of primary amides is 1. The third-order valence-corrected chi connectivity index (χ3v) is 7.58. The summed E-state index contributed by atoms with van der Waals surface area (Å²) < 4.78 is 0. The maximum atomic E-state index is 12.7. The molecule has 5 rings (SSSR count). The van der Waals surface area contributed by atoms with E-state index in [-0.39, 0.29) is 11.7 Å². The number of benzene rings is 3. The molecule has 1 heterocycles. The second-order valence-electron chi connectivity index (χ2n) is 10.1. The summed E-state index contributed by atoms with van der Waals surface area (Å²) in [4.78, 5) is 37.6. The number of urea groups is 1. The van der Waals surface area contributed by atoms with Gasteiger partial charge in [-0.15, -0.1) is 5.10 Å². The Labute approximate surface area is 231 Å². The van der Waals surface area contributed by atoms with Crippen molar-refractivity contribution in [2.45, 2.75) is 50.5 Å². The lowest BCUT2D eigenvalue weighted by molar-refractivity contribution is 0.101. The molecule has 1 aromatic heterocycles. The average molecular weight is 538 g/mol. The molecule has 4 aromatic rings. The first-order chi connectivity index (χ1) is 19.4. The normalized spacial score (nSPS) is 15.1. The Bertz CT molecular complexity index is 1500. The zero-order chi connectivity index (χ0) is 28.1. The first-order valence-corrected chi connectivity index (χ1v) is 13.3. The van der Waals surface area contributed by atoms with Crippen LogP contribution in [0.4, 0.5) is 10.7 Å². The number of carbonyl (C=O) groups is 3. The number of amides is 3. The van der Waals surface area contributed by atoms with Gasteiger partial charge in [0.1, 0.15) is 5.54 Å². The molecule has 3 amide bonds. The molecular weight excluding hydrogens is 506 g/mol. The van der Waals surface area contributed by atoms with Crippen LogP contribution in [-0.2, 0) is 5.54 Å². The van der Waals surface area contributed by atoms with Crippen molar-refractivity contribution in [1.82, 2.24) is 25.9 Å². The number of carbonyl (C=O) groups excluding carboxylic acids is 3. The molecule has 1 atom stereocenters. The maximum absolute atomic E-state index is 12.7. The van der Waals surface area contributed by atoms with E-state index in [1.54, 1.807) is 42.5 Å². The lowest BCUT2D eigenvalue weighted by Crippen LogP contribution is -2.50. The predicted molar refractivity (Wildman–Crippen MR) is 150 cm³/mol. The summed E-state index contributed by atoms with van der Waals surface area (Å²) in [7, 11) is 0. The van der Waals surface area contributed by atoms with E-state index in [0.29, 0.717) is 28.2 Å². The fraction of sp³-hybridized carbons (Fsp3) is 0.267. The Balaban J connectivity index is 1.61. The topological polar surface area (TPSA) is 156 Å². The van der Waals surface area contributed by atoms with Crippen LogP contribution < -0.4 is 16.4 Å². The van der Waals surface area contributed by atoms with E-state index in [4.69, 9.17) is 5.73 Å². The van der Waals surface area contributed by atoms with Crippen molar-refractivity contribution in [2.75, 3.05) is 5.32 Å². The molecule has 204 valence electrons. The standard InChI is InChI=1S/C30H31N7O3/c1-19(38)23-8-5-9-26(18-23)30(33-28(31)40,24-14-10-21(11-15-24)20-6-3-2-4-7-20)25-16-12-22(13-17-25)27(39)32-29-34-36-37-35-29/h5,8-18,20H,2-4,6-7H2,1H3,(H3,31,33,40)(H2,32,34,35,36,37,39). The zero-order valence-corrected chi connectivity index (χ0v) is 22.2. The van der Waals surface area contributed by atoms with Crippen LogP contribution in [0.3, 0.4) is 0 Å². The van der Waals surface area contributed by atoms with Gasteiger partial charge >= 0.3 is 6.03 Å². The van der Waals surface area contributed by atoms with Gasteiger partial charge in [0, 0.05) is 11.1 Å². The van der Waals surface area contributed by atoms with E-state index in [2.05, 4.69) is 43.4 Å². The summed E-state index contributed by atoms with van der Waals surface area (Å²) in [5.41, 5.74) is 8.77. The molecule has 0 bridgehead atoms. The molecule has 3 aromatic carbocycles. The number of nitrogens with zero attached hydrogens (tertiary/aromatic N) is 3. The molecule has 1 saturated carbocycles. The van der Waals surface area contributed by atoms with Crippen molar-refractivity contribution in [1.29, 1.82) is 0 Å². The van der Waals surface area contributed by atoms with Crippen molar-refractivity contribution in [2.24, 2.45) is 5.73 Å². The van der Waals surface area contributed by atoms with E-state index < -0.39 is 17.5 Å². The van der Waals surface area contributed by atoms with Gasteiger partial charge in [-0.05, 0) is 71.3 Å². The minimum Gasteiger partial charge on any atom is -0.352 e. The largest absolute Gasteiger partial charge is 0.352 e. The highest BCUT2D eigenvalue weighted by Crippen LogP contribution is 2.39. The Morgan fingerprint density at radius 3 is 2.15 bits per heavy atom. The van der Waals surface area contributed by atoms with Gasteiger partial charge in [-0.2, -0.15) is 5.21 Å². The van der Waals surface area contributed by atoms with Crippen molar-refractivity contribution < 1.29 is 14.4 Å². The van der Waals surface area contributed by atoms with E-state index in [0.717, 1.165) is 18.4 Å². The number of aromatic nitrogens is 4. The third-order valence-electron chi connectivity index (χ3n) is 7.58. The number of rotatable bonds is 8. The molecule has 1 aliphatic carbocycles. The van der Waals surface area contributed by atoms with Crippen molar-refractivity contribution in [3.05, 3.63) is 106 Å². The van der Waals surface area contributed by atoms with Crippen LogP contribution in [0, 0.1) is 0 Å². The molecule has 1 fully saturated rings. The van der Waals surface area contributed by atoms with E-state index in [1.165, 1.54) is 31.7 Å². The lowest BCUT2D eigenvalue weighted by Gasteiger charge is -2.37. The van der Waals surface area contributed by atoms with Crippen LogP contribution >= 0.6 is 0 Å². The molecular formula is C30H31N7O3. The fourth-order valence-corrected chi connectivity index (χ4v) is 5.57. The van der Waals surface area contributed by atoms with Gasteiger partial charge in [0.25, 0.3) is 11.9 Å². The Kier molecular flexibility index (Phi) is 7.68. The monoisotopic (exact) mass is 537 g/mol. The van der Waals surface area contributed by atoms with Crippen molar-refractivity contribution in [3.8, 4) is 0 Å². The highest BCUT2D eigenvalue weighted by Gasteiger charge is 2.38. The van der Waals surface area contributed by atoms with Crippen LogP contribution in [0.25, 0.3) is 0 Å². The van der Waals surface area contributed by atoms with E-state index in [1.807, 2.05) is 18.2 Å². The van der Waals surface area contributed by atoms with Gasteiger partial charge in [-0.3, -0.25) is 14.9 Å². The van der Waals surface area contributed by atoms with Gasteiger partial charge in [-0.25, -0.2) is 4.79 Å². The van der Waals surface area contributed by atoms with E-state index in [9.17, 15) is 14.4 Å². The predicted octanol–water partition coefficient (Wildman–Crippen LogP) is 4.66. The fourth-order valence-electron chi connectivity index (χ4n) is 5.57. The van der Waals surface area contributed by atoms with Crippen LogP contribution in [-0.4, -0.2) is 38.3 Å². The first-order valence-electron chi connectivity index (χ1n) is 13.3. The maximum Gasteiger partial charge on any atom is 0.313 e. The summed E-state index contributed by atoms with van der Waals surface area (Å²) in [6.45, 7) is 1.50. The quantitative estimate of drug-likeness (QED) is 0.189. The smallest absolute Gasteiger partial charge is 0.313 e. The zero-order valence-electron chi connectivity index (χ0n) is 22.2. The molecule has 5 N–H and O–H groups in total. The van der Waals surface area contributed by atoms with Crippen LogP contribution in [0.2, 0.25) is 0 Å². The molecule has 0 radical (unpaired) electrons. The number of nitrogens with two attached hydrogens (primary N) is 1. The van der Waals surface area contributed by atoms with Gasteiger partial charge in [0.05, 0.1) is 0 Å². The number of aromatic amines is 1. The number of H-pyrrole nitrogens is 1. The van der Waals surface area contributed by atoms with Crippen LogP contribution in [0.5, 0.6) is 0 Å². The highest BCUT2D eigenvalue weighted by atomic mass is 16.2. The second kappa shape index (κ2) is 11.5. The molecule has 10 heteroatoms. The molecule has 0 saturated heterocycles. The van der Waals surface area contributed by atoms with Gasteiger partial charge in [0.2, 0.25) is 0 Å². The molecule has 10 nitrogen and oxygen atoms in total. The number of anilines is 1.